The van der Waals surface area contributed by atoms with Gasteiger partial charge in [0.2, 0.25) is 5.91 Å². The molecular weight excluding hydrogens is 291 g/mol. The number of amides is 1. The number of nitrogens with one attached hydrogen (secondary N) is 1. The standard InChI is InChI=1S/C19H15FN2O/c20-17-9-6-14(7-10-17)13-22-18(23)11-8-16-4-1-3-15-5-2-12-21-19(15)16/h1-12H,13H2,(H,22,23)/b11-8+. The maximum atomic E-state index is 12.8. The summed E-state index contributed by atoms with van der Waals surface area (Å²) < 4.78 is 12.8. The van der Waals surface area contributed by atoms with Gasteiger partial charge in [0.15, 0.2) is 0 Å². The molecule has 4 heteroatoms. The molecule has 0 atom stereocenters. The molecule has 1 heterocycles. The molecule has 0 aliphatic carbocycles. The second-order valence-electron chi connectivity index (χ2n) is 5.10. The van der Waals surface area contributed by atoms with Crippen molar-refractivity contribution in [3.63, 3.8) is 0 Å². The Balaban J connectivity index is 1.67. The molecule has 0 aliphatic rings. The first kappa shape index (κ1) is 14.9. The van der Waals surface area contributed by atoms with E-state index in [1.807, 2.05) is 30.3 Å². The van der Waals surface area contributed by atoms with Gasteiger partial charge in [0.25, 0.3) is 0 Å². The maximum absolute atomic E-state index is 12.8. The second kappa shape index (κ2) is 6.83. The lowest BCUT2D eigenvalue weighted by atomic mass is 10.1. The van der Waals surface area contributed by atoms with E-state index in [4.69, 9.17) is 0 Å². The van der Waals surface area contributed by atoms with Crippen molar-refractivity contribution < 1.29 is 9.18 Å². The number of halogens is 1. The predicted molar refractivity (Wildman–Crippen MR) is 89.0 cm³/mol. The van der Waals surface area contributed by atoms with Gasteiger partial charge in [-0.05, 0) is 29.8 Å². The summed E-state index contributed by atoms with van der Waals surface area (Å²) in [5.41, 5.74) is 2.59. The topological polar surface area (TPSA) is 42.0 Å². The summed E-state index contributed by atoms with van der Waals surface area (Å²) in [7, 11) is 0. The van der Waals surface area contributed by atoms with Crippen LogP contribution in [0.25, 0.3) is 17.0 Å². The van der Waals surface area contributed by atoms with Gasteiger partial charge in [-0.15, -0.1) is 0 Å². The van der Waals surface area contributed by atoms with Crippen LogP contribution >= 0.6 is 0 Å². The number of carbonyl (C=O) groups is 1. The summed E-state index contributed by atoms with van der Waals surface area (Å²) >= 11 is 0. The summed E-state index contributed by atoms with van der Waals surface area (Å²) in [6.45, 7) is 0.358. The Hall–Kier alpha value is -3.01. The molecule has 0 fully saturated rings. The van der Waals surface area contributed by atoms with Crippen LogP contribution in [0.5, 0.6) is 0 Å². The largest absolute Gasteiger partial charge is 0.348 e. The predicted octanol–water partition coefficient (Wildman–Crippen LogP) is 3.70. The minimum absolute atomic E-state index is 0.206. The Morgan fingerprint density at radius 1 is 1.09 bits per heavy atom. The van der Waals surface area contributed by atoms with Crippen LogP contribution in [0, 0.1) is 5.82 Å². The summed E-state index contributed by atoms with van der Waals surface area (Å²) in [6.07, 6.45) is 4.95. The fourth-order valence-electron chi connectivity index (χ4n) is 2.28. The van der Waals surface area contributed by atoms with Gasteiger partial charge in [0.05, 0.1) is 5.52 Å². The van der Waals surface area contributed by atoms with Crippen molar-refractivity contribution >= 4 is 22.9 Å². The first-order chi connectivity index (χ1) is 11.2. The van der Waals surface area contributed by atoms with Crippen LogP contribution in [-0.4, -0.2) is 10.9 Å². The summed E-state index contributed by atoms with van der Waals surface area (Å²) in [5, 5.41) is 3.80. The van der Waals surface area contributed by atoms with Crippen molar-refractivity contribution in [2.75, 3.05) is 0 Å². The first-order valence-corrected chi connectivity index (χ1v) is 7.26. The SMILES string of the molecule is O=C(/C=C/c1cccc2cccnc12)NCc1ccc(F)cc1. The number of fused-ring (bicyclic) bond motifs is 1. The van der Waals surface area contributed by atoms with Crippen molar-refractivity contribution in [2.24, 2.45) is 0 Å². The highest BCUT2D eigenvalue weighted by Gasteiger charge is 2.00. The average Bonchev–Trinajstić information content (AvgIpc) is 2.59. The Kier molecular flexibility index (Phi) is 4.43. The van der Waals surface area contributed by atoms with Crippen LogP contribution in [0.4, 0.5) is 4.39 Å². The Morgan fingerprint density at radius 2 is 1.87 bits per heavy atom. The van der Waals surface area contributed by atoms with E-state index in [-0.39, 0.29) is 11.7 Å². The molecule has 0 bridgehead atoms. The molecule has 0 unspecified atom stereocenters. The zero-order valence-electron chi connectivity index (χ0n) is 12.4. The molecule has 3 rings (SSSR count). The highest BCUT2D eigenvalue weighted by atomic mass is 19.1. The number of hydrogen-bond donors (Lipinski definition) is 1. The molecule has 23 heavy (non-hydrogen) atoms. The maximum Gasteiger partial charge on any atom is 0.244 e. The molecule has 0 saturated carbocycles. The molecule has 114 valence electrons. The third kappa shape index (κ3) is 3.80. The molecule has 1 amide bonds. The van der Waals surface area contributed by atoms with Gasteiger partial charge in [-0.2, -0.15) is 0 Å². The third-order valence-corrected chi connectivity index (χ3v) is 3.46. The lowest BCUT2D eigenvalue weighted by Crippen LogP contribution is -2.20. The fourth-order valence-corrected chi connectivity index (χ4v) is 2.28. The number of pyridine rings is 1. The summed E-state index contributed by atoms with van der Waals surface area (Å²) in [6, 6.07) is 15.7. The van der Waals surface area contributed by atoms with Crippen LogP contribution < -0.4 is 5.32 Å². The van der Waals surface area contributed by atoms with E-state index < -0.39 is 0 Å². The molecule has 2 aromatic carbocycles. The monoisotopic (exact) mass is 306 g/mol. The number of benzene rings is 2. The van der Waals surface area contributed by atoms with E-state index in [1.165, 1.54) is 18.2 Å². The quantitative estimate of drug-likeness (QED) is 0.747. The number of para-hydroxylation sites is 1. The van der Waals surface area contributed by atoms with Gasteiger partial charge in [-0.1, -0.05) is 36.4 Å². The van der Waals surface area contributed by atoms with Gasteiger partial charge in [0, 0.05) is 29.8 Å². The number of nitrogens with zero attached hydrogens (tertiary/aromatic N) is 1. The highest BCUT2D eigenvalue weighted by molar-refractivity contribution is 5.95. The Morgan fingerprint density at radius 3 is 2.70 bits per heavy atom. The van der Waals surface area contributed by atoms with Gasteiger partial charge >= 0.3 is 0 Å². The number of carbonyl (C=O) groups excluding carboxylic acids is 1. The Bertz CT molecular complexity index is 851. The number of hydrogen-bond acceptors (Lipinski definition) is 2. The second-order valence-corrected chi connectivity index (χ2v) is 5.10. The average molecular weight is 306 g/mol. The molecule has 3 nitrogen and oxygen atoms in total. The van der Waals surface area contributed by atoms with E-state index in [2.05, 4.69) is 10.3 Å². The molecule has 1 N–H and O–H groups in total. The molecule has 1 aromatic heterocycles. The van der Waals surface area contributed by atoms with Crippen molar-refractivity contribution in [1.82, 2.24) is 10.3 Å². The summed E-state index contributed by atoms with van der Waals surface area (Å²) in [5.74, 6) is -0.495. The lowest BCUT2D eigenvalue weighted by molar-refractivity contribution is -0.116. The summed E-state index contributed by atoms with van der Waals surface area (Å²) in [4.78, 5) is 16.2. The highest BCUT2D eigenvalue weighted by Crippen LogP contribution is 2.16. The van der Waals surface area contributed by atoms with Crippen molar-refractivity contribution in [2.45, 2.75) is 6.54 Å². The Labute approximate surface area is 133 Å². The van der Waals surface area contributed by atoms with E-state index >= 15 is 0 Å². The molecule has 3 aromatic rings. The fraction of sp³-hybridized carbons (Fsp3) is 0.0526. The van der Waals surface area contributed by atoms with Crippen molar-refractivity contribution in [3.05, 3.63) is 83.8 Å². The molecule has 0 aliphatic heterocycles. The molecule has 0 radical (unpaired) electrons. The molecule has 0 spiro atoms. The van der Waals surface area contributed by atoms with Gasteiger partial charge in [0.1, 0.15) is 5.82 Å². The van der Waals surface area contributed by atoms with Crippen LogP contribution in [0.3, 0.4) is 0 Å². The van der Waals surface area contributed by atoms with E-state index in [1.54, 1.807) is 24.4 Å². The minimum Gasteiger partial charge on any atom is -0.348 e. The van der Waals surface area contributed by atoms with Gasteiger partial charge < -0.3 is 5.32 Å². The van der Waals surface area contributed by atoms with E-state index in [9.17, 15) is 9.18 Å². The minimum atomic E-state index is -0.288. The lowest BCUT2D eigenvalue weighted by Gasteiger charge is -2.03. The van der Waals surface area contributed by atoms with Crippen molar-refractivity contribution in [3.8, 4) is 0 Å². The normalized spacial score (nSPS) is 11.0. The van der Waals surface area contributed by atoms with Gasteiger partial charge in [-0.3, -0.25) is 9.78 Å². The van der Waals surface area contributed by atoms with E-state index in [0.29, 0.717) is 6.54 Å². The van der Waals surface area contributed by atoms with Crippen LogP contribution in [0.2, 0.25) is 0 Å². The van der Waals surface area contributed by atoms with Crippen LogP contribution in [0.15, 0.2) is 66.9 Å². The number of rotatable bonds is 4. The van der Waals surface area contributed by atoms with E-state index in [0.717, 1.165) is 22.0 Å². The van der Waals surface area contributed by atoms with Crippen LogP contribution in [0.1, 0.15) is 11.1 Å². The molecular formula is C19H15FN2O. The number of aromatic nitrogens is 1. The first-order valence-electron chi connectivity index (χ1n) is 7.26. The third-order valence-electron chi connectivity index (χ3n) is 3.46. The van der Waals surface area contributed by atoms with Crippen LogP contribution in [-0.2, 0) is 11.3 Å². The van der Waals surface area contributed by atoms with Gasteiger partial charge in [-0.25, -0.2) is 4.39 Å². The zero-order chi connectivity index (χ0) is 16.1. The van der Waals surface area contributed by atoms with Crippen molar-refractivity contribution in [1.29, 1.82) is 0 Å². The smallest absolute Gasteiger partial charge is 0.244 e. The molecule has 0 saturated heterocycles. The zero-order valence-corrected chi connectivity index (χ0v) is 12.4.